The highest BCUT2D eigenvalue weighted by molar-refractivity contribution is 7.99. The number of carboxylic acids is 1. The average molecular weight is 303 g/mol. The molecule has 1 aromatic carbocycles. The Morgan fingerprint density at radius 1 is 1.19 bits per heavy atom. The predicted octanol–water partition coefficient (Wildman–Crippen LogP) is 2.65. The van der Waals surface area contributed by atoms with E-state index in [2.05, 4.69) is 34.1 Å². The van der Waals surface area contributed by atoms with Gasteiger partial charge in [0.05, 0.1) is 5.75 Å². The summed E-state index contributed by atoms with van der Waals surface area (Å²) in [6.45, 7) is 2.26. The van der Waals surface area contributed by atoms with E-state index in [4.69, 9.17) is 5.11 Å². The van der Waals surface area contributed by atoms with Gasteiger partial charge in [-0.1, -0.05) is 11.8 Å². The maximum Gasteiger partial charge on any atom is 0.313 e. The Kier molecular flexibility index (Phi) is 4.15. The van der Waals surface area contributed by atoms with E-state index in [-0.39, 0.29) is 5.75 Å². The van der Waals surface area contributed by atoms with Gasteiger partial charge < -0.3 is 10.0 Å². The van der Waals surface area contributed by atoms with Gasteiger partial charge in [-0.3, -0.25) is 9.36 Å². The highest BCUT2D eigenvalue weighted by atomic mass is 32.2. The minimum Gasteiger partial charge on any atom is -0.481 e. The van der Waals surface area contributed by atoms with Crippen LogP contribution >= 0.6 is 11.8 Å². The number of aromatic nitrogens is 2. The first-order valence-electron chi connectivity index (χ1n) is 6.97. The first kappa shape index (κ1) is 14.0. The first-order chi connectivity index (χ1) is 10.2. The Bertz CT molecular complexity index is 618. The number of nitrogens with zero attached hydrogens (tertiary/aromatic N) is 3. The van der Waals surface area contributed by atoms with E-state index in [1.807, 2.05) is 10.8 Å². The lowest BCUT2D eigenvalue weighted by atomic mass is 10.2. The van der Waals surface area contributed by atoms with E-state index in [9.17, 15) is 4.79 Å². The number of hydrogen-bond acceptors (Lipinski definition) is 4. The van der Waals surface area contributed by atoms with E-state index < -0.39 is 5.97 Å². The quantitative estimate of drug-likeness (QED) is 0.861. The lowest BCUT2D eigenvalue weighted by Gasteiger charge is -2.18. The molecule has 1 aromatic heterocycles. The van der Waals surface area contributed by atoms with Crippen LogP contribution in [0.4, 0.5) is 5.69 Å². The highest BCUT2D eigenvalue weighted by Gasteiger charge is 2.13. The van der Waals surface area contributed by atoms with Crippen molar-refractivity contribution >= 4 is 23.4 Å². The van der Waals surface area contributed by atoms with Crippen LogP contribution < -0.4 is 4.90 Å². The van der Waals surface area contributed by atoms with Gasteiger partial charge in [0.15, 0.2) is 5.16 Å². The Morgan fingerprint density at radius 3 is 2.52 bits per heavy atom. The maximum atomic E-state index is 10.7. The molecule has 1 aliphatic rings. The van der Waals surface area contributed by atoms with Crippen molar-refractivity contribution in [1.29, 1.82) is 0 Å². The van der Waals surface area contributed by atoms with E-state index in [1.54, 1.807) is 6.20 Å². The molecule has 0 radical (unpaired) electrons. The summed E-state index contributed by atoms with van der Waals surface area (Å²) < 4.78 is 1.92. The molecule has 0 saturated carbocycles. The fraction of sp³-hybridized carbons (Fsp3) is 0.333. The number of imidazole rings is 1. The largest absolute Gasteiger partial charge is 0.481 e. The number of carboxylic acid groups (broad SMARTS) is 1. The molecule has 6 heteroatoms. The third-order valence-electron chi connectivity index (χ3n) is 3.53. The SMILES string of the molecule is O=C(O)CSc1nccn1-c1ccc(N2CCCC2)cc1. The summed E-state index contributed by atoms with van der Waals surface area (Å²) in [4.78, 5) is 17.3. The Morgan fingerprint density at radius 2 is 1.86 bits per heavy atom. The fourth-order valence-corrected chi connectivity index (χ4v) is 3.21. The fourth-order valence-electron chi connectivity index (χ4n) is 2.52. The van der Waals surface area contributed by atoms with Gasteiger partial charge in [-0.05, 0) is 37.1 Å². The van der Waals surface area contributed by atoms with Crippen LogP contribution in [-0.2, 0) is 4.79 Å². The summed E-state index contributed by atoms with van der Waals surface area (Å²) >= 11 is 1.23. The molecule has 0 unspecified atom stereocenters. The van der Waals surface area contributed by atoms with Crippen molar-refractivity contribution in [3.63, 3.8) is 0 Å². The van der Waals surface area contributed by atoms with Gasteiger partial charge in [0.2, 0.25) is 0 Å². The molecule has 1 aliphatic heterocycles. The second-order valence-corrected chi connectivity index (χ2v) is 5.92. The topological polar surface area (TPSA) is 58.4 Å². The van der Waals surface area contributed by atoms with E-state index in [1.165, 1.54) is 30.3 Å². The number of aliphatic carboxylic acids is 1. The lowest BCUT2D eigenvalue weighted by Crippen LogP contribution is -2.17. The number of benzene rings is 1. The van der Waals surface area contributed by atoms with Crippen molar-refractivity contribution in [2.45, 2.75) is 18.0 Å². The lowest BCUT2D eigenvalue weighted by molar-refractivity contribution is -0.133. The molecule has 0 amide bonds. The molecule has 5 nitrogen and oxygen atoms in total. The first-order valence-corrected chi connectivity index (χ1v) is 7.96. The monoisotopic (exact) mass is 303 g/mol. The van der Waals surface area contributed by atoms with E-state index in [0.717, 1.165) is 18.8 Å². The van der Waals surface area contributed by atoms with E-state index in [0.29, 0.717) is 5.16 Å². The van der Waals surface area contributed by atoms with Crippen molar-refractivity contribution in [1.82, 2.24) is 9.55 Å². The summed E-state index contributed by atoms with van der Waals surface area (Å²) in [5, 5.41) is 9.47. The summed E-state index contributed by atoms with van der Waals surface area (Å²) in [6.07, 6.45) is 6.08. The van der Waals surface area contributed by atoms with Crippen LogP contribution in [0.5, 0.6) is 0 Å². The molecular weight excluding hydrogens is 286 g/mol. The summed E-state index contributed by atoms with van der Waals surface area (Å²) in [7, 11) is 0. The van der Waals surface area contributed by atoms with Crippen molar-refractivity contribution in [2.75, 3.05) is 23.7 Å². The van der Waals surface area contributed by atoms with Crippen LogP contribution in [0.3, 0.4) is 0 Å². The molecule has 1 fully saturated rings. The molecule has 0 aliphatic carbocycles. The minimum atomic E-state index is -0.834. The summed E-state index contributed by atoms with van der Waals surface area (Å²) in [6, 6.07) is 8.35. The molecule has 2 heterocycles. The number of rotatable bonds is 5. The van der Waals surface area contributed by atoms with Crippen LogP contribution in [0.25, 0.3) is 5.69 Å². The normalized spacial score (nSPS) is 14.6. The summed E-state index contributed by atoms with van der Waals surface area (Å²) in [5.74, 6) is -0.818. The molecule has 110 valence electrons. The standard InChI is InChI=1S/C15H17N3O2S/c19-14(20)11-21-15-16-7-10-18(15)13-5-3-12(4-6-13)17-8-1-2-9-17/h3-7,10H,1-2,8-9,11H2,(H,19,20). The van der Waals surface area contributed by atoms with Crippen molar-refractivity contribution < 1.29 is 9.90 Å². The number of anilines is 1. The van der Waals surface area contributed by atoms with Crippen molar-refractivity contribution in [3.8, 4) is 5.69 Å². The zero-order chi connectivity index (χ0) is 14.7. The molecule has 0 spiro atoms. The Hall–Kier alpha value is -1.95. The molecule has 0 atom stereocenters. The average Bonchev–Trinajstić information content (AvgIpc) is 3.17. The van der Waals surface area contributed by atoms with Crippen molar-refractivity contribution in [3.05, 3.63) is 36.7 Å². The van der Waals surface area contributed by atoms with Gasteiger partial charge in [0, 0.05) is 36.9 Å². The Balaban J connectivity index is 1.77. The van der Waals surface area contributed by atoms with Crippen LogP contribution in [-0.4, -0.2) is 39.5 Å². The molecule has 21 heavy (non-hydrogen) atoms. The van der Waals surface area contributed by atoms with Gasteiger partial charge in [-0.15, -0.1) is 0 Å². The third kappa shape index (κ3) is 3.21. The second-order valence-electron chi connectivity index (χ2n) is 4.97. The number of carbonyl (C=O) groups is 1. The molecule has 1 N–H and O–H groups in total. The minimum absolute atomic E-state index is 0.0167. The zero-order valence-corrected chi connectivity index (χ0v) is 12.4. The van der Waals surface area contributed by atoms with Crippen LogP contribution in [0.2, 0.25) is 0 Å². The van der Waals surface area contributed by atoms with Gasteiger partial charge in [0.25, 0.3) is 0 Å². The van der Waals surface area contributed by atoms with Crippen LogP contribution in [0, 0.1) is 0 Å². The maximum absolute atomic E-state index is 10.7. The molecular formula is C15H17N3O2S. The Labute approximate surface area is 127 Å². The highest BCUT2D eigenvalue weighted by Crippen LogP contribution is 2.24. The van der Waals surface area contributed by atoms with Gasteiger partial charge >= 0.3 is 5.97 Å². The van der Waals surface area contributed by atoms with Crippen LogP contribution in [0.1, 0.15) is 12.8 Å². The molecule has 1 saturated heterocycles. The van der Waals surface area contributed by atoms with Gasteiger partial charge in [-0.25, -0.2) is 4.98 Å². The number of hydrogen-bond donors (Lipinski definition) is 1. The predicted molar refractivity (Wildman–Crippen MR) is 83.4 cm³/mol. The third-order valence-corrected chi connectivity index (χ3v) is 4.48. The van der Waals surface area contributed by atoms with Crippen molar-refractivity contribution in [2.24, 2.45) is 0 Å². The van der Waals surface area contributed by atoms with Gasteiger partial charge in [-0.2, -0.15) is 0 Å². The van der Waals surface area contributed by atoms with E-state index >= 15 is 0 Å². The molecule has 3 rings (SSSR count). The smallest absolute Gasteiger partial charge is 0.313 e. The van der Waals surface area contributed by atoms with Gasteiger partial charge in [0.1, 0.15) is 0 Å². The zero-order valence-electron chi connectivity index (χ0n) is 11.6. The second kappa shape index (κ2) is 6.22. The van der Waals surface area contributed by atoms with Crippen LogP contribution in [0.15, 0.2) is 41.8 Å². The molecule has 2 aromatic rings. The summed E-state index contributed by atoms with van der Waals surface area (Å²) in [5.41, 5.74) is 2.25. The molecule has 0 bridgehead atoms. The number of thioether (sulfide) groups is 1.